The highest BCUT2D eigenvalue weighted by atomic mass is 16.2. The Kier molecular flexibility index (Phi) is 5.48. The molecule has 0 aromatic carbocycles. The van der Waals surface area contributed by atoms with Crippen LogP contribution in [0.3, 0.4) is 0 Å². The predicted octanol–water partition coefficient (Wildman–Crippen LogP) is 2.56. The lowest BCUT2D eigenvalue weighted by molar-refractivity contribution is -0.132. The second-order valence-corrected chi connectivity index (χ2v) is 6.03. The fraction of sp³-hybridized carbons (Fsp3) is 0.933. The van der Waals surface area contributed by atoms with E-state index < -0.39 is 0 Å². The van der Waals surface area contributed by atoms with Crippen molar-refractivity contribution in [3.05, 3.63) is 0 Å². The minimum Gasteiger partial charge on any atom is -0.343 e. The zero-order valence-electron chi connectivity index (χ0n) is 11.8. The van der Waals surface area contributed by atoms with Crippen LogP contribution in [-0.2, 0) is 4.79 Å². The molecule has 0 aromatic rings. The fourth-order valence-electron chi connectivity index (χ4n) is 3.39. The summed E-state index contributed by atoms with van der Waals surface area (Å²) >= 11 is 0. The molecule has 0 spiro atoms. The summed E-state index contributed by atoms with van der Waals surface area (Å²) in [6, 6.07) is 0.469. The molecule has 104 valence electrons. The average Bonchev–Trinajstić information content (AvgIpc) is 2.75. The van der Waals surface area contributed by atoms with E-state index in [9.17, 15) is 4.79 Å². The number of hydrogen-bond acceptors (Lipinski definition) is 2. The molecule has 2 rings (SSSR count). The molecule has 0 aromatic heterocycles. The number of carbonyl (C=O) groups is 1. The van der Waals surface area contributed by atoms with Crippen LogP contribution in [0.2, 0.25) is 0 Å². The molecule has 0 bridgehead atoms. The molecule has 1 atom stereocenters. The molecular weight excluding hydrogens is 224 g/mol. The van der Waals surface area contributed by atoms with Gasteiger partial charge in [-0.3, -0.25) is 4.79 Å². The first-order valence-electron chi connectivity index (χ1n) is 7.74. The third-order valence-corrected chi connectivity index (χ3v) is 4.73. The lowest BCUT2D eigenvalue weighted by atomic mass is 10.0. The Morgan fingerprint density at radius 1 is 1.11 bits per heavy atom. The summed E-state index contributed by atoms with van der Waals surface area (Å²) in [5, 5.41) is 3.41. The summed E-state index contributed by atoms with van der Waals surface area (Å²) in [6.45, 7) is 2.17. The molecule has 18 heavy (non-hydrogen) atoms. The maximum atomic E-state index is 12.2. The number of nitrogens with one attached hydrogen (secondary N) is 1. The standard InChI is InChI=1S/C15H28N2O/c1-17(14-7-4-11-16-12-10-14)15(18)9-8-13-5-2-3-6-13/h13-14,16H,2-12H2,1H3. The normalized spacial score (nSPS) is 25.9. The van der Waals surface area contributed by atoms with E-state index >= 15 is 0 Å². The van der Waals surface area contributed by atoms with E-state index in [0.29, 0.717) is 11.9 Å². The topological polar surface area (TPSA) is 32.3 Å². The van der Waals surface area contributed by atoms with Crippen LogP contribution in [-0.4, -0.2) is 37.0 Å². The minimum atomic E-state index is 0.369. The highest BCUT2D eigenvalue weighted by Crippen LogP contribution is 2.28. The maximum absolute atomic E-state index is 12.2. The zero-order valence-corrected chi connectivity index (χ0v) is 11.8. The Morgan fingerprint density at radius 2 is 1.89 bits per heavy atom. The Balaban J connectivity index is 1.72. The molecule has 3 nitrogen and oxygen atoms in total. The molecule has 2 aliphatic rings. The first-order chi connectivity index (χ1) is 8.77. The molecule has 1 amide bonds. The summed E-state index contributed by atoms with van der Waals surface area (Å²) in [7, 11) is 2.01. The molecule has 3 heteroatoms. The van der Waals surface area contributed by atoms with Crippen LogP contribution in [0.25, 0.3) is 0 Å². The van der Waals surface area contributed by atoms with Crippen LogP contribution in [0.15, 0.2) is 0 Å². The van der Waals surface area contributed by atoms with Gasteiger partial charge in [0.1, 0.15) is 0 Å². The summed E-state index contributed by atoms with van der Waals surface area (Å²) in [5.74, 6) is 1.20. The average molecular weight is 252 g/mol. The molecule has 1 aliphatic heterocycles. The predicted molar refractivity (Wildman–Crippen MR) is 74.5 cm³/mol. The van der Waals surface area contributed by atoms with E-state index in [-0.39, 0.29) is 0 Å². The molecule has 0 radical (unpaired) electrons. The SMILES string of the molecule is CN(C(=O)CCC1CCCC1)C1CCCNCC1. The van der Waals surface area contributed by atoms with Crippen LogP contribution in [0, 0.1) is 5.92 Å². The van der Waals surface area contributed by atoms with Crippen molar-refractivity contribution in [1.82, 2.24) is 10.2 Å². The van der Waals surface area contributed by atoms with Gasteiger partial charge in [0.2, 0.25) is 5.91 Å². The minimum absolute atomic E-state index is 0.369. The van der Waals surface area contributed by atoms with E-state index in [4.69, 9.17) is 0 Å². The number of amides is 1. The van der Waals surface area contributed by atoms with E-state index in [1.165, 1.54) is 38.5 Å². The van der Waals surface area contributed by atoms with Crippen molar-refractivity contribution in [3.8, 4) is 0 Å². The van der Waals surface area contributed by atoms with Crippen molar-refractivity contribution in [2.24, 2.45) is 5.92 Å². The maximum Gasteiger partial charge on any atom is 0.222 e. The molecular formula is C15H28N2O. The highest BCUT2D eigenvalue weighted by molar-refractivity contribution is 5.76. The monoisotopic (exact) mass is 252 g/mol. The van der Waals surface area contributed by atoms with Crippen LogP contribution >= 0.6 is 0 Å². The molecule has 2 fully saturated rings. The summed E-state index contributed by atoms with van der Waals surface area (Å²) in [6.07, 6.45) is 10.8. The summed E-state index contributed by atoms with van der Waals surface area (Å²) < 4.78 is 0. The Morgan fingerprint density at radius 3 is 2.67 bits per heavy atom. The Hall–Kier alpha value is -0.570. The molecule has 1 aliphatic carbocycles. The van der Waals surface area contributed by atoms with Crippen molar-refractivity contribution >= 4 is 5.91 Å². The van der Waals surface area contributed by atoms with Gasteiger partial charge in [-0.25, -0.2) is 0 Å². The van der Waals surface area contributed by atoms with Gasteiger partial charge in [-0.2, -0.15) is 0 Å². The highest BCUT2D eigenvalue weighted by Gasteiger charge is 2.22. The van der Waals surface area contributed by atoms with Crippen molar-refractivity contribution in [3.63, 3.8) is 0 Å². The van der Waals surface area contributed by atoms with Gasteiger partial charge >= 0.3 is 0 Å². The summed E-state index contributed by atoms with van der Waals surface area (Å²) in [4.78, 5) is 14.2. The van der Waals surface area contributed by atoms with Gasteiger partial charge in [-0.1, -0.05) is 25.7 Å². The van der Waals surface area contributed by atoms with Crippen molar-refractivity contribution in [2.75, 3.05) is 20.1 Å². The lowest BCUT2D eigenvalue weighted by Gasteiger charge is -2.27. The fourth-order valence-corrected chi connectivity index (χ4v) is 3.39. The first-order valence-corrected chi connectivity index (χ1v) is 7.74. The third-order valence-electron chi connectivity index (χ3n) is 4.73. The smallest absolute Gasteiger partial charge is 0.222 e. The number of hydrogen-bond donors (Lipinski definition) is 1. The van der Waals surface area contributed by atoms with Crippen LogP contribution < -0.4 is 5.32 Å². The quantitative estimate of drug-likeness (QED) is 0.834. The molecule has 1 heterocycles. The van der Waals surface area contributed by atoms with Crippen LogP contribution in [0.4, 0.5) is 0 Å². The van der Waals surface area contributed by atoms with Gasteiger partial charge in [-0.15, -0.1) is 0 Å². The Labute approximate surface area is 111 Å². The summed E-state index contributed by atoms with van der Waals surface area (Å²) in [5.41, 5.74) is 0. The van der Waals surface area contributed by atoms with E-state index in [1.807, 2.05) is 11.9 Å². The van der Waals surface area contributed by atoms with Crippen LogP contribution in [0.1, 0.15) is 57.8 Å². The molecule has 1 saturated heterocycles. The molecule has 1 saturated carbocycles. The number of rotatable bonds is 4. The van der Waals surface area contributed by atoms with Gasteiger partial charge in [0.05, 0.1) is 0 Å². The lowest BCUT2D eigenvalue weighted by Crippen LogP contribution is -2.37. The molecule has 1 N–H and O–H groups in total. The van der Waals surface area contributed by atoms with E-state index in [2.05, 4.69) is 5.32 Å². The van der Waals surface area contributed by atoms with Gasteiger partial charge in [0, 0.05) is 19.5 Å². The van der Waals surface area contributed by atoms with Gasteiger partial charge < -0.3 is 10.2 Å². The number of carbonyl (C=O) groups excluding carboxylic acids is 1. The zero-order chi connectivity index (χ0) is 12.8. The van der Waals surface area contributed by atoms with E-state index in [0.717, 1.165) is 38.3 Å². The van der Waals surface area contributed by atoms with E-state index in [1.54, 1.807) is 0 Å². The van der Waals surface area contributed by atoms with Crippen LogP contribution in [0.5, 0.6) is 0 Å². The largest absolute Gasteiger partial charge is 0.343 e. The van der Waals surface area contributed by atoms with Crippen molar-refractivity contribution in [2.45, 2.75) is 63.8 Å². The second-order valence-electron chi connectivity index (χ2n) is 6.03. The van der Waals surface area contributed by atoms with Crippen molar-refractivity contribution in [1.29, 1.82) is 0 Å². The van der Waals surface area contributed by atoms with Gasteiger partial charge in [0.15, 0.2) is 0 Å². The van der Waals surface area contributed by atoms with Crippen molar-refractivity contribution < 1.29 is 4.79 Å². The van der Waals surface area contributed by atoms with Gasteiger partial charge in [0.25, 0.3) is 0 Å². The third kappa shape index (κ3) is 3.98. The first kappa shape index (κ1) is 13.9. The molecule has 1 unspecified atom stereocenters. The Bertz CT molecular complexity index is 253. The number of nitrogens with zero attached hydrogens (tertiary/aromatic N) is 1. The second kappa shape index (κ2) is 7.13. The van der Waals surface area contributed by atoms with Gasteiger partial charge in [-0.05, 0) is 44.7 Å².